The van der Waals surface area contributed by atoms with Gasteiger partial charge in [0.05, 0.1) is 6.61 Å². The summed E-state index contributed by atoms with van der Waals surface area (Å²) in [5.41, 5.74) is 0.762. The molecular weight excluding hydrogens is 348 g/mol. The number of piperidine rings is 1. The molecule has 0 N–H and O–H groups in total. The lowest BCUT2D eigenvalue weighted by Gasteiger charge is -2.26. The first kappa shape index (κ1) is 19.0. The molecule has 1 saturated heterocycles. The number of amides is 1. The van der Waals surface area contributed by atoms with Gasteiger partial charge in [0.15, 0.2) is 0 Å². The molecule has 0 aromatic heterocycles. The van der Waals surface area contributed by atoms with E-state index in [1.807, 2.05) is 29.2 Å². The molecule has 2 aliphatic heterocycles. The second kappa shape index (κ2) is 9.24. The first-order chi connectivity index (χ1) is 13.8. The highest BCUT2D eigenvalue weighted by atomic mass is 16.5. The summed E-state index contributed by atoms with van der Waals surface area (Å²) >= 11 is 0. The molecule has 148 valence electrons. The lowest BCUT2D eigenvalue weighted by molar-refractivity contribution is 0.0771. The van der Waals surface area contributed by atoms with Crippen LogP contribution < -0.4 is 4.74 Å². The second-order valence-electron chi connectivity index (χ2n) is 7.84. The van der Waals surface area contributed by atoms with E-state index in [0.29, 0.717) is 6.54 Å². The molecule has 4 rings (SSSR count). The van der Waals surface area contributed by atoms with Crippen molar-refractivity contribution in [2.45, 2.75) is 32.1 Å². The Bertz CT molecular complexity index is 840. The van der Waals surface area contributed by atoms with E-state index in [0.717, 1.165) is 54.6 Å². The van der Waals surface area contributed by atoms with Crippen molar-refractivity contribution in [2.24, 2.45) is 0 Å². The maximum absolute atomic E-state index is 12.7. The molecule has 2 aromatic rings. The van der Waals surface area contributed by atoms with Gasteiger partial charge in [0.2, 0.25) is 0 Å². The Hall–Kier alpha value is -2.33. The average molecular weight is 379 g/mol. The van der Waals surface area contributed by atoms with E-state index in [-0.39, 0.29) is 5.91 Å². The smallest absolute Gasteiger partial charge is 0.254 e. The van der Waals surface area contributed by atoms with E-state index in [2.05, 4.69) is 29.2 Å². The summed E-state index contributed by atoms with van der Waals surface area (Å²) in [6.45, 7) is 5.87. The van der Waals surface area contributed by atoms with Gasteiger partial charge < -0.3 is 14.5 Å². The zero-order valence-corrected chi connectivity index (χ0v) is 16.6. The van der Waals surface area contributed by atoms with E-state index in [1.54, 1.807) is 0 Å². The standard InChI is InChI=1S/C24H30N2O2/c27-24(26-15-5-2-6-16-26)22-9-8-21-19-23(11-10-20(21)18-22)28-17-7-14-25-12-3-1-4-13-25/h2,5,8-11,18-19H,1,3-4,6-7,12-17H2. The SMILES string of the molecule is O=C(c1ccc2cc(OCCCN3CCCCC3)ccc2c1)N1CC=CCC1. The van der Waals surface area contributed by atoms with Gasteiger partial charge in [-0.1, -0.05) is 30.7 Å². The van der Waals surface area contributed by atoms with Gasteiger partial charge in [0.25, 0.3) is 5.91 Å². The highest BCUT2D eigenvalue weighted by Crippen LogP contribution is 2.23. The van der Waals surface area contributed by atoms with Crippen LogP contribution in [-0.2, 0) is 0 Å². The Labute approximate surface area is 167 Å². The van der Waals surface area contributed by atoms with Crippen LogP contribution >= 0.6 is 0 Å². The minimum Gasteiger partial charge on any atom is -0.494 e. The van der Waals surface area contributed by atoms with Crippen molar-refractivity contribution in [1.29, 1.82) is 0 Å². The number of nitrogens with zero attached hydrogens (tertiary/aromatic N) is 2. The molecule has 28 heavy (non-hydrogen) atoms. The van der Waals surface area contributed by atoms with Gasteiger partial charge in [-0.2, -0.15) is 0 Å². The van der Waals surface area contributed by atoms with Crippen LogP contribution in [0.2, 0.25) is 0 Å². The molecule has 4 heteroatoms. The summed E-state index contributed by atoms with van der Waals surface area (Å²) in [5.74, 6) is 1.02. The summed E-state index contributed by atoms with van der Waals surface area (Å²) in [7, 11) is 0. The Morgan fingerprint density at radius 1 is 0.929 bits per heavy atom. The van der Waals surface area contributed by atoms with Crippen molar-refractivity contribution in [1.82, 2.24) is 9.80 Å². The number of carbonyl (C=O) groups is 1. The minimum absolute atomic E-state index is 0.115. The first-order valence-electron chi connectivity index (χ1n) is 10.6. The third-order valence-electron chi connectivity index (χ3n) is 5.74. The summed E-state index contributed by atoms with van der Waals surface area (Å²) in [6.07, 6.45) is 10.3. The monoisotopic (exact) mass is 378 g/mol. The van der Waals surface area contributed by atoms with Crippen LogP contribution in [0, 0.1) is 0 Å². The van der Waals surface area contributed by atoms with Gasteiger partial charge in [-0.05, 0) is 73.8 Å². The molecule has 0 unspecified atom stereocenters. The van der Waals surface area contributed by atoms with Crippen LogP contribution in [0.5, 0.6) is 5.75 Å². The van der Waals surface area contributed by atoms with E-state index in [4.69, 9.17) is 4.74 Å². The molecule has 4 nitrogen and oxygen atoms in total. The van der Waals surface area contributed by atoms with Crippen LogP contribution in [0.1, 0.15) is 42.5 Å². The number of fused-ring (bicyclic) bond motifs is 1. The van der Waals surface area contributed by atoms with Gasteiger partial charge >= 0.3 is 0 Å². The van der Waals surface area contributed by atoms with Gasteiger partial charge in [0, 0.05) is 25.2 Å². The van der Waals surface area contributed by atoms with Gasteiger partial charge in [-0.3, -0.25) is 4.79 Å². The molecular formula is C24H30N2O2. The van der Waals surface area contributed by atoms with E-state index in [9.17, 15) is 4.79 Å². The predicted molar refractivity (Wildman–Crippen MR) is 114 cm³/mol. The maximum atomic E-state index is 12.7. The van der Waals surface area contributed by atoms with Crippen LogP contribution in [0.3, 0.4) is 0 Å². The Balaban J connectivity index is 1.33. The highest BCUT2D eigenvalue weighted by molar-refractivity contribution is 5.99. The van der Waals surface area contributed by atoms with Gasteiger partial charge in [-0.15, -0.1) is 0 Å². The zero-order valence-electron chi connectivity index (χ0n) is 16.6. The number of hydrogen-bond donors (Lipinski definition) is 0. The molecule has 2 heterocycles. The van der Waals surface area contributed by atoms with Crippen LogP contribution in [0.25, 0.3) is 10.8 Å². The fourth-order valence-electron chi connectivity index (χ4n) is 4.12. The van der Waals surface area contributed by atoms with E-state index >= 15 is 0 Å². The van der Waals surface area contributed by atoms with E-state index < -0.39 is 0 Å². The molecule has 1 fully saturated rings. The molecule has 0 radical (unpaired) electrons. The van der Waals surface area contributed by atoms with Crippen molar-refractivity contribution >= 4 is 16.7 Å². The molecule has 0 spiro atoms. The number of carbonyl (C=O) groups excluding carboxylic acids is 1. The fourth-order valence-corrected chi connectivity index (χ4v) is 4.12. The molecule has 0 aliphatic carbocycles. The van der Waals surface area contributed by atoms with E-state index in [1.165, 1.54) is 32.4 Å². The number of benzene rings is 2. The Kier molecular flexibility index (Phi) is 6.27. The maximum Gasteiger partial charge on any atom is 0.254 e. The molecule has 2 aliphatic rings. The lowest BCUT2D eigenvalue weighted by atomic mass is 10.1. The van der Waals surface area contributed by atoms with Gasteiger partial charge in [-0.25, -0.2) is 0 Å². The van der Waals surface area contributed by atoms with Crippen molar-refractivity contribution in [2.75, 3.05) is 39.3 Å². The topological polar surface area (TPSA) is 32.8 Å². The molecule has 1 amide bonds. The number of ether oxygens (including phenoxy) is 1. The normalized spacial score (nSPS) is 17.8. The summed E-state index contributed by atoms with van der Waals surface area (Å²) in [5, 5.41) is 2.20. The van der Waals surface area contributed by atoms with Crippen molar-refractivity contribution in [3.63, 3.8) is 0 Å². The molecule has 0 bridgehead atoms. The quantitative estimate of drug-likeness (QED) is 0.548. The van der Waals surface area contributed by atoms with Crippen LogP contribution in [-0.4, -0.2) is 55.0 Å². The van der Waals surface area contributed by atoms with Crippen molar-refractivity contribution < 1.29 is 9.53 Å². The molecule has 0 atom stereocenters. The van der Waals surface area contributed by atoms with Crippen LogP contribution in [0.15, 0.2) is 48.6 Å². The molecule has 0 saturated carbocycles. The Morgan fingerprint density at radius 2 is 1.75 bits per heavy atom. The van der Waals surface area contributed by atoms with Crippen molar-refractivity contribution in [3.8, 4) is 5.75 Å². The largest absolute Gasteiger partial charge is 0.494 e. The van der Waals surface area contributed by atoms with Crippen molar-refractivity contribution in [3.05, 3.63) is 54.1 Å². The molecule has 2 aromatic carbocycles. The zero-order chi connectivity index (χ0) is 19.2. The number of rotatable bonds is 6. The number of hydrogen-bond acceptors (Lipinski definition) is 3. The summed E-state index contributed by atoms with van der Waals surface area (Å²) < 4.78 is 5.97. The summed E-state index contributed by atoms with van der Waals surface area (Å²) in [4.78, 5) is 17.1. The predicted octanol–water partition coefficient (Wildman–Crippen LogP) is 4.50. The lowest BCUT2D eigenvalue weighted by Crippen LogP contribution is -2.33. The second-order valence-corrected chi connectivity index (χ2v) is 7.84. The first-order valence-corrected chi connectivity index (χ1v) is 10.6. The third kappa shape index (κ3) is 4.74. The fraction of sp³-hybridized carbons (Fsp3) is 0.458. The van der Waals surface area contributed by atoms with Gasteiger partial charge in [0.1, 0.15) is 5.75 Å². The van der Waals surface area contributed by atoms with Crippen LogP contribution in [0.4, 0.5) is 0 Å². The Morgan fingerprint density at radius 3 is 2.57 bits per heavy atom. The average Bonchev–Trinajstić information content (AvgIpc) is 2.77. The third-order valence-corrected chi connectivity index (χ3v) is 5.74. The minimum atomic E-state index is 0.115. The summed E-state index contributed by atoms with van der Waals surface area (Å²) in [6, 6.07) is 12.1. The highest BCUT2D eigenvalue weighted by Gasteiger charge is 2.16. The number of likely N-dealkylation sites (tertiary alicyclic amines) is 1.